The third-order valence-corrected chi connectivity index (χ3v) is 4.94. The van der Waals surface area contributed by atoms with Gasteiger partial charge in [-0.25, -0.2) is 0 Å². The predicted octanol–water partition coefficient (Wildman–Crippen LogP) is 3.10. The lowest BCUT2D eigenvalue weighted by molar-refractivity contribution is -0.140. The second kappa shape index (κ2) is 8.80. The molecule has 0 aliphatic carbocycles. The van der Waals surface area contributed by atoms with Crippen LogP contribution in [0.3, 0.4) is 0 Å². The molecule has 1 aromatic carbocycles. The fourth-order valence-electron chi connectivity index (χ4n) is 3.44. The van der Waals surface area contributed by atoms with Gasteiger partial charge in [0, 0.05) is 38.2 Å². The highest BCUT2D eigenvalue weighted by Crippen LogP contribution is 2.39. The molecule has 1 N–H and O–H groups in total. The summed E-state index contributed by atoms with van der Waals surface area (Å²) in [4.78, 5) is 31.0. The molecule has 3 rings (SSSR count). The molecule has 146 valence electrons. The Hall–Kier alpha value is -2.99. The molecule has 6 heteroatoms. The molecule has 0 bridgehead atoms. The van der Waals surface area contributed by atoms with Crippen molar-refractivity contribution >= 4 is 17.4 Å². The van der Waals surface area contributed by atoms with Crippen molar-refractivity contribution in [2.24, 2.45) is 0 Å². The van der Waals surface area contributed by atoms with E-state index in [0.717, 1.165) is 17.5 Å². The van der Waals surface area contributed by atoms with Gasteiger partial charge in [0.2, 0.25) is 0 Å². The first-order chi connectivity index (χ1) is 13.6. The van der Waals surface area contributed by atoms with Crippen molar-refractivity contribution in [3.8, 4) is 0 Å². The summed E-state index contributed by atoms with van der Waals surface area (Å²) in [5.41, 5.74) is 2.52. The number of carbonyl (C=O) groups is 2. The molecule has 1 saturated heterocycles. The first kappa shape index (κ1) is 19.8. The van der Waals surface area contributed by atoms with E-state index in [0.29, 0.717) is 25.1 Å². The summed E-state index contributed by atoms with van der Waals surface area (Å²) in [6, 6.07) is 10.4. The molecule has 1 aliphatic heterocycles. The number of aryl methyl sites for hydroxylation is 1. The van der Waals surface area contributed by atoms with Crippen molar-refractivity contribution in [1.82, 2.24) is 9.88 Å². The molecule has 0 radical (unpaired) electrons. The smallest absolute Gasteiger partial charge is 0.295 e. The number of hydrogen-bond acceptors (Lipinski definition) is 5. The molecule has 1 aromatic heterocycles. The van der Waals surface area contributed by atoms with Crippen LogP contribution in [0.4, 0.5) is 0 Å². The van der Waals surface area contributed by atoms with E-state index < -0.39 is 17.7 Å². The van der Waals surface area contributed by atoms with E-state index in [-0.39, 0.29) is 11.3 Å². The molecule has 0 saturated carbocycles. The lowest BCUT2D eigenvalue weighted by Crippen LogP contribution is -2.31. The summed E-state index contributed by atoms with van der Waals surface area (Å²) in [5.74, 6) is -1.45. The third kappa shape index (κ3) is 3.82. The van der Waals surface area contributed by atoms with Gasteiger partial charge in [0.25, 0.3) is 11.7 Å². The van der Waals surface area contributed by atoms with E-state index in [1.165, 1.54) is 17.3 Å². The molecule has 1 amide bonds. The topological polar surface area (TPSA) is 79.7 Å². The number of hydrogen-bond donors (Lipinski definition) is 1. The maximum atomic E-state index is 12.8. The number of aliphatic hydroxyl groups excluding tert-OH is 1. The average molecular weight is 380 g/mol. The van der Waals surface area contributed by atoms with Crippen LogP contribution in [0.1, 0.15) is 36.1 Å². The minimum atomic E-state index is -0.670. The SMILES string of the molecule is CCc1ccc(C2/C(=C(\O)c3ccncc3)C(=O)C(=O)N2CCCOC)cc1. The summed E-state index contributed by atoms with van der Waals surface area (Å²) in [6.07, 6.45) is 4.57. The number of Topliss-reactive ketones (excluding diaryl/α,β-unsaturated/α-hetero) is 1. The van der Waals surface area contributed by atoms with Crippen molar-refractivity contribution in [3.63, 3.8) is 0 Å². The number of carbonyl (C=O) groups excluding carboxylic acids is 2. The van der Waals surface area contributed by atoms with E-state index in [1.807, 2.05) is 24.3 Å². The molecule has 1 fully saturated rings. The zero-order valence-electron chi connectivity index (χ0n) is 16.1. The van der Waals surface area contributed by atoms with Gasteiger partial charge in [-0.15, -0.1) is 0 Å². The van der Waals surface area contributed by atoms with Gasteiger partial charge in [-0.05, 0) is 36.1 Å². The monoisotopic (exact) mass is 380 g/mol. The molecule has 2 aromatic rings. The van der Waals surface area contributed by atoms with Gasteiger partial charge in [0.15, 0.2) is 0 Å². The second-order valence-electron chi connectivity index (χ2n) is 6.67. The van der Waals surface area contributed by atoms with Crippen LogP contribution in [0.25, 0.3) is 5.76 Å². The summed E-state index contributed by atoms with van der Waals surface area (Å²) < 4.78 is 5.09. The van der Waals surface area contributed by atoms with Crippen LogP contribution in [0.15, 0.2) is 54.4 Å². The molecule has 28 heavy (non-hydrogen) atoms. The number of ketones is 1. The minimum Gasteiger partial charge on any atom is -0.507 e. The van der Waals surface area contributed by atoms with Gasteiger partial charge >= 0.3 is 0 Å². The highest BCUT2D eigenvalue weighted by Gasteiger charge is 2.45. The number of methoxy groups -OCH3 is 1. The van der Waals surface area contributed by atoms with E-state index in [4.69, 9.17) is 4.74 Å². The maximum absolute atomic E-state index is 12.8. The van der Waals surface area contributed by atoms with Gasteiger partial charge in [-0.2, -0.15) is 0 Å². The number of aliphatic hydroxyl groups is 1. The van der Waals surface area contributed by atoms with Crippen LogP contribution in [0.5, 0.6) is 0 Å². The Balaban J connectivity index is 2.09. The van der Waals surface area contributed by atoms with Crippen LogP contribution in [-0.2, 0) is 20.7 Å². The number of pyridine rings is 1. The van der Waals surface area contributed by atoms with Crippen molar-refractivity contribution in [2.75, 3.05) is 20.3 Å². The summed E-state index contributed by atoms with van der Waals surface area (Å²) in [7, 11) is 1.60. The number of amides is 1. The molecule has 0 spiro atoms. The largest absolute Gasteiger partial charge is 0.507 e. The second-order valence-corrected chi connectivity index (χ2v) is 6.67. The molecule has 1 atom stereocenters. The Morgan fingerprint density at radius 1 is 1.14 bits per heavy atom. The Kier molecular flexibility index (Phi) is 6.21. The van der Waals surface area contributed by atoms with Gasteiger partial charge in [-0.3, -0.25) is 14.6 Å². The number of benzene rings is 1. The number of nitrogens with zero attached hydrogens (tertiary/aromatic N) is 2. The zero-order chi connectivity index (χ0) is 20.1. The van der Waals surface area contributed by atoms with E-state index in [1.54, 1.807) is 19.2 Å². The molecule has 1 unspecified atom stereocenters. The molecular formula is C22H24N2O4. The standard InChI is InChI=1S/C22H24N2O4/c1-3-15-5-7-16(8-6-15)19-18(20(25)17-9-11-23-12-10-17)21(26)22(27)24(19)13-4-14-28-2/h5-12,19,25H,3-4,13-14H2,1-2H3/b20-18+. The van der Waals surface area contributed by atoms with Crippen molar-refractivity contribution in [3.05, 3.63) is 71.1 Å². The Labute approximate surface area is 164 Å². The van der Waals surface area contributed by atoms with Crippen molar-refractivity contribution in [1.29, 1.82) is 0 Å². The number of rotatable bonds is 7. The lowest BCUT2D eigenvalue weighted by Gasteiger charge is -2.25. The Morgan fingerprint density at radius 3 is 2.43 bits per heavy atom. The lowest BCUT2D eigenvalue weighted by atomic mass is 9.94. The van der Waals surface area contributed by atoms with Crippen molar-refractivity contribution < 1.29 is 19.4 Å². The van der Waals surface area contributed by atoms with Crippen LogP contribution in [0.2, 0.25) is 0 Å². The Morgan fingerprint density at radius 2 is 1.82 bits per heavy atom. The molecule has 1 aliphatic rings. The predicted molar refractivity (Wildman–Crippen MR) is 106 cm³/mol. The van der Waals surface area contributed by atoms with Crippen LogP contribution >= 0.6 is 0 Å². The van der Waals surface area contributed by atoms with Gasteiger partial charge in [0.05, 0.1) is 11.6 Å². The number of likely N-dealkylation sites (tertiary alicyclic amines) is 1. The first-order valence-corrected chi connectivity index (χ1v) is 9.35. The Bertz CT molecular complexity index is 875. The molecule has 2 heterocycles. The zero-order valence-corrected chi connectivity index (χ0v) is 16.1. The number of ether oxygens (including phenoxy) is 1. The fraction of sp³-hybridized carbons (Fsp3) is 0.318. The highest BCUT2D eigenvalue weighted by molar-refractivity contribution is 6.46. The quantitative estimate of drug-likeness (QED) is 0.346. The maximum Gasteiger partial charge on any atom is 0.295 e. The van der Waals surface area contributed by atoms with E-state index >= 15 is 0 Å². The van der Waals surface area contributed by atoms with E-state index in [2.05, 4.69) is 11.9 Å². The van der Waals surface area contributed by atoms with Gasteiger partial charge < -0.3 is 14.7 Å². The normalized spacial score (nSPS) is 18.6. The first-order valence-electron chi connectivity index (χ1n) is 9.35. The summed E-state index contributed by atoms with van der Waals surface area (Å²) in [6.45, 7) is 2.91. The average Bonchev–Trinajstić information content (AvgIpc) is 2.99. The highest BCUT2D eigenvalue weighted by atomic mass is 16.5. The molecular weight excluding hydrogens is 356 g/mol. The minimum absolute atomic E-state index is 0.109. The van der Waals surface area contributed by atoms with Crippen molar-refractivity contribution in [2.45, 2.75) is 25.8 Å². The molecule has 6 nitrogen and oxygen atoms in total. The van der Waals surface area contributed by atoms with Crippen LogP contribution in [0, 0.1) is 0 Å². The number of aromatic nitrogens is 1. The van der Waals surface area contributed by atoms with E-state index in [9.17, 15) is 14.7 Å². The van der Waals surface area contributed by atoms with Crippen LogP contribution < -0.4 is 0 Å². The third-order valence-electron chi connectivity index (χ3n) is 4.94. The fourth-order valence-corrected chi connectivity index (χ4v) is 3.44. The van der Waals surface area contributed by atoms with Gasteiger partial charge in [-0.1, -0.05) is 31.2 Å². The summed E-state index contributed by atoms with van der Waals surface area (Å²) in [5, 5.41) is 10.9. The van der Waals surface area contributed by atoms with Crippen LogP contribution in [-0.4, -0.2) is 46.9 Å². The van der Waals surface area contributed by atoms with Gasteiger partial charge in [0.1, 0.15) is 5.76 Å². The summed E-state index contributed by atoms with van der Waals surface area (Å²) >= 11 is 0.